The summed E-state index contributed by atoms with van der Waals surface area (Å²) < 4.78 is 60.5. The number of rotatable bonds is 9. The molecule has 1 fully saturated rings. The van der Waals surface area contributed by atoms with E-state index >= 15 is 0 Å². The smallest absolute Gasteiger partial charge is 0.214 e. The first-order chi connectivity index (χ1) is 14.9. The van der Waals surface area contributed by atoms with Gasteiger partial charge in [-0.05, 0) is 73.7 Å². The van der Waals surface area contributed by atoms with Crippen molar-refractivity contribution >= 4 is 10.0 Å². The lowest BCUT2D eigenvalue weighted by Gasteiger charge is -2.25. The van der Waals surface area contributed by atoms with Gasteiger partial charge in [-0.25, -0.2) is 21.9 Å². The molecule has 2 atom stereocenters. The van der Waals surface area contributed by atoms with Crippen molar-refractivity contribution in [2.24, 2.45) is 0 Å². The van der Waals surface area contributed by atoms with Gasteiger partial charge in [-0.2, -0.15) is 0 Å². The Kier molecular flexibility index (Phi) is 6.60. The van der Waals surface area contributed by atoms with Crippen molar-refractivity contribution in [1.29, 1.82) is 0 Å². The lowest BCUT2D eigenvalue weighted by atomic mass is 9.90. The molecule has 0 aliphatic heterocycles. The summed E-state index contributed by atoms with van der Waals surface area (Å²) in [5, 5.41) is 2.98. The predicted molar refractivity (Wildman–Crippen MR) is 116 cm³/mol. The van der Waals surface area contributed by atoms with Gasteiger partial charge >= 0.3 is 0 Å². The van der Waals surface area contributed by atoms with E-state index in [1.165, 1.54) is 18.2 Å². The molecule has 2 aliphatic rings. The molecule has 0 amide bonds. The molecule has 4 rings (SSSR count). The molecule has 31 heavy (non-hydrogen) atoms. The number of fused-ring (bicyclic) bond motifs is 1. The van der Waals surface area contributed by atoms with Gasteiger partial charge in [-0.15, -0.1) is 0 Å². The number of sulfonamides is 1. The van der Waals surface area contributed by atoms with E-state index in [9.17, 15) is 17.2 Å². The van der Waals surface area contributed by atoms with Crippen LogP contribution in [0, 0.1) is 11.6 Å². The Morgan fingerprint density at radius 3 is 2.65 bits per heavy atom. The number of hydrogen-bond acceptors (Lipinski definition) is 4. The molecular formula is C23H28F2N2O3S. The zero-order chi connectivity index (χ0) is 22.0. The van der Waals surface area contributed by atoms with Crippen molar-refractivity contribution in [2.75, 3.05) is 20.2 Å². The molecule has 5 nitrogen and oxygen atoms in total. The van der Waals surface area contributed by atoms with Gasteiger partial charge in [0.1, 0.15) is 12.4 Å². The van der Waals surface area contributed by atoms with Crippen molar-refractivity contribution in [2.45, 2.75) is 49.3 Å². The Balaban J connectivity index is 1.45. The number of nitrogens with one attached hydrogen (secondary N) is 2. The zero-order valence-corrected chi connectivity index (χ0v) is 18.4. The number of ether oxygens (including phenoxy) is 1. The highest BCUT2D eigenvalue weighted by Crippen LogP contribution is 2.39. The summed E-state index contributed by atoms with van der Waals surface area (Å²) in [4.78, 5) is 0. The minimum absolute atomic E-state index is 0.0473. The Bertz CT molecular complexity index is 1040. The van der Waals surface area contributed by atoms with Crippen LogP contribution in [0.4, 0.5) is 8.78 Å². The molecule has 8 heteroatoms. The van der Waals surface area contributed by atoms with Crippen LogP contribution in [-0.4, -0.2) is 39.9 Å². The first kappa shape index (κ1) is 22.2. The summed E-state index contributed by atoms with van der Waals surface area (Å²) in [6.45, 7) is 0.146. The molecule has 0 aromatic heterocycles. The summed E-state index contributed by atoms with van der Waals surface area (Å²) in [5.41, 5.74) is 2.78. The highest BCUT2D eigenvalue weighted by molar-refractivity contribution is 7.90. The van der Waals surface area contributed by atoms with Gasteiger partial charge in [0, 0.05) is 18.5 Å². The van der Waals surface area contributed by atoms with Crippen molar-refractivity contribution in [3.05, 3.63) is 64.7 Å². The molecule has 2 unspecified atom stereocenters. The second-order valence-electron chi connectivity index (χ2n) is 8.36. The van der Waals surface area contributed by atoms with E-state index in [4.69, 9.17) is 4.74 Å². The lowest BCUT2D eigenvalue weighted by molar-refractivity contribution is 0.305. The van der Waals surface area contributed by atoms with Crippen LogP contribution in [-0.2, 0) is 22.9 Å². The van der Waals surface area contributed by atoms with E-state index in [1.807, 2.05) is 13.1 Å². The number of likely N-dealkylation sites (N-methyl/N-ethyl adjacent to an activating group) is 1. The van der Waals surface area contributed by atoms with Gasteiger partial charge in [0.25, 0.3) is 0 Å². The lowest BCUT2D eigenvalue weighted by Crippen LogP contribution is -2.40. The van der Waals surface area contributed by atoms with E-state index in [0.29, 0.717) is 25.7 Å². The zero-order valence-electron chi connectivity index (χ0n) is 17.5. The second kappa shape index (κ2) is 9.22. The molecule has 168 valence electrons. The molecule has 2 aromatic rings. The molecule has 0 saturated heterocycles. The molecule has 0 radical (unpaired) electrons. The number of halogens is 2. The van der Waals surface area contributed by atoms with Crippen LogP contribution < -0.4 is 14.8 Å². The summed E-state index contributed by atoms with van der Waals surface area (Å²) in [5.74, 6) is -0.560. The normalized spacial score (nSPS) is 21.0. The Labute approximate surface area is 182 Å². The highest BCUT2D eigenvalue weighted by Gasteiger charge is 2.33. The van der Waals surface area contributed by atoms with Crippen molar-refractivity contribution in [1.82, 2.24) is 10.0 Å². The SMILES string of the molecule is CNC1Cc2cc(F)c(OCCNS(=O)(=O)C3CCC3)cc2C1Cc1cccc(F)c1. The first-order valence-corrected chi connectivity index (χ1v) is 12.3. The quantitative estimate of drug-likeness (QED) is 0.576. The highest BCUT2D eigenvalue weighted by atomic mass is 32.2. The van der Waals surface area contributed by atoms with Crippen molar-refractivity contribution < 1.29 is 21.9 Å². The third-order valence-electron chi connectivity index (χ3n) is 6.39. The van der Waals surface area contributed by atoms with E-state index in [-0.39, 0.29) is 41.9 Å². The predicted octanol–water partition coefficient (Wildman–Crippen LogP) is 3.29. The fourth-order valence-corrected chi connectivity index (χ4v) is 6.01. The van der Waals surface area contributed by atoms with Crippen LogP contribution in [0.2, 0.25) is 0 Å². The minimum atomic E-state index is -3.32. The Hall–Kier alpha value is -2.03. The molecule has 2 aliphatic carbocycles. The molecule has 1 saturated carbocycles. The third-order valence-corrected chi connectivity index (χ3v) is 8.34. The van der Waals surface area contributed by atoms with Gasteiger partial charge in [0.05, 0.1) is 5.25 Å². The van der Waals surface area contributed by atoms with Crippen LogP contribution in [0.3, 0.4) is 0 Å². The average molecular weight is 451 g/mol. The van der Waals surface area contributed by atoms with Gasteiger partial charge in [0.2, 0.25) is 10.0 Å². The standard InChI is InChI=1S/C23H28F2N2O3S/c1-26-22-13-16-12-21(25)23(30-9-8-27-31(28,29)18-6-3-7-18)14-19(16)20(22)11-15-4-2-5-17(24)10-15/h2,4-5,10,12,14,18,20,22,26-27H,3,6-9,11,13H2,1H3. The van der Waals surface area contributed by atoms with Gasteiger partial charge in [-0.1, -0.05) is 18.6 Å². The average Bonchev–Trinajstić information content (AvgIpc) is 3.00. The number of benzene rings is 2. The maximum atomic E-state index is 14.6. The summed E-state index contributed by atoms with van der Waals surface area (Å²) in [7, 11) is -1.45. The van der Waals surface area contributed by atoms with Crippen LogP contribution in [0.25, 0.3) is 0 Å². The summed E-state index contributed by atoms with van der Waals surface area (Å²) in [6, 6.07) is 9.86. The molecule has 2 aromatic carbocycles. The molecule has 0 spiro atoms. The van der Waals surface area contributed by atoms with Crippen LogP contribution in [0.5, 0.6) is 5.75 Å². The monoisotopic (exact) mass is 450 g/mol. The Morgan fingerprint density at radius 2 is 1.97 bits per heavy atom. The van der Waals surface area contributed by atoms with Crippen LogP contribution in [0.15, 0.2) is 36.4 Å². The fraction of sp³-hybridized carbons (Fsp3) is 0.478. The molecule has 0 bridgehead atoms. The molecule has 2 N–H and O–H groups in total. The van der Waals surface area contributed by atoms with Crippen LogP contribution in [0.1, 0.15) is 41.9 Å². The van der Waals surface area contributed by atoms with Crippen molar-refractivity contribution in [3.63, 3.8) is 0 Å². The minimum Gasteiger partial charge on any atom is -0.489 e. The molecular weight excluding hydrogens is 422 g/mol. The van der Waals surface area contributed by atoms with Crippen LogP contribution >= 0.6 is 0 Å². The largest absolute Gasteiger partial charge is 0.489 e. The summed E-state index contributed by atoms with van der Waals surface area (Å²) in [6.07, 6.45) is 3.63. The number of hydrogen-bond donors (Lipinski definition) is 2. The fourth-order valence-electron chi connectivity index (χ4n) is 4.46. The van der Waals surface area contributed by atoms with Gasteiger partial charge in [-0.3, -0.25) is 0 Å². The summed E-state index contributed by atoms with van der Waals surface area (Å²) >= 11 is 0. The molecule has 0 heterocycles. The third kappa shape index (κ3) is 4.91. The van der Waals surface area contributed by atoms with Crippen molar-refractivity contribution in [3.8, 4) is 5.75 Å². The van der Waals surface area contributed by atoms with Gasteiger partial charge in [0.15, 0.2) is 11.6 Å². The maximum absolute atomic E-state index is 14.6. The van der Waals surface area contributed by atoms with Gasteiger partial charge < -0.3 is 10.1 Å². The van der Waals surface area contributed by atoms with E-state index in [2.05, 4.69) is 10.0 Å². The second-order valence-corrected chi connectivity index (χ2v) is 10.4. The van der Waals surface area contributed by atoms with E-state index in [1.54, 1.807) is 12.1 Å². The maximum Gasteiger partial charge on any atom is 0.214 e. The topological polar surface area (TPSA) is 67.4 Å². The Morgan fingerprint density at radius 1 is 1.16 bits per heavy atom. The van der Waals surface area contributed by atoms with E-state index in [0.717, 1.165) is 23.1 Å². The van der Waals surface area contributed by atoms with E-state index < -0.39 is 15.8 Å². The first-order valence-electron chi connectivity index (χ1n) is 10.7.